The Morgan fingerprint density at radius 2 is 2.12 bits per heavy atom. The zero-order chi connectivity index (χ0) is 12.1. The number of hydrogen-bond donors (Lipinski definition) is 2. The van der Waals surface area contributed by atoms with Gasteiger partial charge in [0.15, 0.2) is 0 Å². The molecule has 0 saturated carbocycles. The Labute approximate surface area is 95.0 Å². The molecule has 1 spiro atoms. The lowest BCUT2D eigenvalue weighted by atomic mass is 9.68. The average molecular weight is 229 g/mol. The van der Waals surface area contributed by atoms with Crippen LogP contribution in [0.4, 0.5) is 4.79 Å². The van der Waals surface area contributed by atoms with Crippen LogP contribution in [0.15, 0.2) is 0 Å². The molecule has 5 heteroatoms. The molecule has 2 aliphatic heterocycles. The predicted molar refractivity (Wildman–Crippen MR) is 57.3 cm³/mol. The van der Waals surface area contributed by atoms with E-state index in [4.69, 9.17) is 9.84 Å². The van der Waals surface area contributed by atoms with Crippen LogP contribution in [0.3, 0.4) is 0 Å². The molecule has 3 atom stereocenters. The highest BCUT2D eigenvalue weighted by Crippen LogP contribution is 2.48. The molecule has 2 aliphatic rings. The SMILES string of the molecule is CC(C)(C)C1N(C(=O)O)CC12CC(O)CO2. The first-order chi connectivity index (χ1) is 7.26. The molecule has 3 unspecified atom stereocenters. The maximum Gasteiger partial charge on any atom is 0.407 e. The van der Waals surface area contributed by atoms with Gasteiger partial charge in [0.1, 0.15) is 5.60 Å². The number of amides is 1. The molecule has 0 aromatic heterocycles. The zero-order valence-corrected chi connectivity index (χ0v) is 9.93. The maximum absolute atomic E-state index is 11.1. The van der Waals surface area contributed by atoms with Crippen LogP contribution in [0.5, 0.6) is 0 Å². The molecule has 92 valence electrons. The summed E-state index contributed by atoms with van der Waals surface area (Å²) in [6, 6.07) is -0.172. The Bertz CT molecular complexity index is 312. The van der Waals surface area contributed by atoms with Crippen molar-refractivity contribution in [3.63, 3.8) is 0 Å². The highest BCUT2D eigenvalue weighted by molar-refractivity contribution is 5.68. The molecule has 0 radical (unpaired) electrons. The average Bonchev–Trinajstić information content (AvgIpc) is 2.42. The van der Waals surface area contributed by atoms with Crippen LogP contribution in [-0.4, -0.2) is 52.1 Å². The van der Waals surface area contributed by atoms with Crippen molar-refractivity contribution in [3.05, 3.63) is 0 Å². The van der Waals surface area contributed by atoms with Crippen LogP contribution in [0.2, 0.25) is 0 Å². The number of carbonyl (C=O) groups is 1. The molecular weight excluding hydrogens is 210 g/mol. The van der Waals surface area contributed by atoms with Gasteiger partial charge in [0.2, 0.25) is 0 Å². The fourth-order valence-corrected chi connectivity index (χ4v) is 3.15. The molecule has 2 N–H and O–H groups in total. The topological polar surface area (TPSA) is 70.0 Å². The first-order valence-corrected chi connectivity index (χ1v) is 5.58. The van der Waals surface area contributed by atoms with Gasteiger partial charge in [-0.3, -0.25) is 4.90 Å². The fourth-order valence-electron chi connectivity index (χ4n) is 3.15. The van der Waals surface area contributed by atoms with Crippen LogP contribution in [0.25, 0.3) is 0 Å². The molecule has 2 saturated heterocycles. The molecular formula is C11H19NO4. The summed E-state index contributed by atoms with van der Waals surface area (Å²) < 4.78 is 5.65. The van der Waals surface area contributed by atoms with Crippen LogP contribution < -0.4 is 0 Å². The van der Waals surface area contributed by atoms with Gasteiger partial charge in [-0.15, -0.1) is 0 Å². The molecule has 5 nitrogen and oxygen atoms in total. The lowest BCUT2D eigenvalue weighted by Gasteiger charge is -2.58. The summed E-state index contributed by atoms with van der Waals surface area (Å²) in [7, 11) is 0. The third-order valence-electron chi connectivity index (χ3n) is 3.46. The first kappa shape index (κ1) is 11.7. The summed E-state index contributed by atoms with van der Waals surface area (Å²) in [5.41, 5.74) is -0.642. The smallest absolute Gasteiger partial charge is 0.407 e. The van der Waals surface area contributed by atoms with E-state index >= 15 is 0 Å². The van der Waals surface area contributed by atoms with Gasteiger partial charge in [0.05, 0.1) is 25.3 Å². The van der Waals surface area contributed by atoms with Crippen LogP contribution in [-0.2, 0) is 4.74 Å². The second-order valence-corrected chi connectivity index (χ2v) is 5.91. The summed E-state index contributed by atoms with van der Waals surface area (Å²) in [4.78, 5) is 12.5. The van der Waals surface area contributed by atoms with Gasteiger partial charge < -0.3 is 14.9 Å². The molecule has 0 aromatic carbocycles. The predicted octanol–water partition coefficient (Wildman–Crippen LogP) is 0.915. The Balaban J connectivity index is 2.21. The minimum atomic E-state index is -0.907. The van der Waals surface area contributed by atoms with E-state index in [1.165, 1.54) is 4.90 Å². The number of likely N-dealkylation sites (tertiary alicyclic amines) is 1. The standard InChI is InChI=1S/C11H19NO4/c1-10(2,3)8-11(4-7(13)5-16-11)6-12(8)9(14)15/h7-8,13H,4-6H2,1-3H3,(H,14,15). The van der Waals surface area contributed by atoms with Crippen molar-refractivity contribution in [2.24, 2.45) is 5.41 Å². The van der Waals surface area contributed by atoms with Gasteiger partial charge in [-0.2, -0.15) is 0 Å². The number of nitrogens with zero attached hydrogens (tertiary/aromatic N) is 1. The number of hydrogen-bond acceptors (Lipinski definition) is 3. The monoisotopic (exact) mass is 229 g/mol. The molecule has 0 aromatic rings. The van der Waals surface area contributed by atoms with E-state index in [9.17, 15) is 9.90 Å². The van der Waals surface area contributed by atoms with Crippen LogP contribution >= 0.6 is 0 Å². The van der Waals surface area contributed by atoms with Crippen molar-refractivity contribution in [1.82, 2.24) is 4.90 Å². The summed E-state index contributed by atoms with van der Waals surface area (Å²) in [6.07, 6.45) is -0.824. The molecule has 0 bridgehead atoms. The summed E-state index contributed by atoms with van der Waals surface area (Å²) in [5.74, 6) is 0. The highest BCUT2D eigenvalue weighted by Gasteiger charge is 2.62. The molecule has 1 amide bonds. The lowest BCUT2D eigenvalue weighted by molar-refractivity contribution is -0.178. The van der Waals surface area contributed by atoms with Crippen molar-refractivity contribution < 1.29 is 19.7 Å². The van der Waals surface area contributed by atoms with Crippen LogP contribution in [0.1, 0.15) is 27.2 Å². The molecule has 16 heavy (non-hydrogen) atoms. The van der Waals surface area contributed by atoms with Gasteiger partial charge >= 0.3 is 6.09 Å². The van der Waals surface area contributed by atoms with Crippen LogP contribution in [0, 0.1) is 5.41 Å². The third-order valence-corrected chi connectivity index (χ3v) is 3.46. The van der Waals surface area contributed by atoms with E-state index < -0.39 is 17.8 Å². The van der Waals surface area contributed by atoms with Gasteiger partial charge in [-0.05, 0) is 5.41 Å². The zero-order valence-electron chi connectivity index (χ0n) is 9.93. The second-order valence-electron chi connectivity index (χ2n) is 5.91. The van der Waals surface area contributed by atoms with E-state index in [2.05, 4.69) is 0 Å². The van der Waals surface area contributed by atoms with Gasteiger partial charge in [-0.25, -0.2) is 4.79 Å². The van der Waals surface area contributed by atoms with E-state index in [1.54, 1.807) is 0 Å². The molecule has 2 fully saturated rings. The van der Waals surface area contributed by atoms with E-state index in [0.29, 0.717) is 19.6 Å². The summed E-state index contributed by atoms with van der Waals surface area (Å²) >= 11 is 0. The highest BCUT2D eigenvalue weighted by atomic mass is 16.5. The Hall–Kier alpha value is -0.810. The molecule has 2 heterocycles. The Morgan fingerprint density at radius 3 is 2.50 bits per heavy atom. The number of carboxylic acid groups (broad SMARTS) is 1. The minimum Gasteiger partial charge on any atom is -0.465 e. The van der Waals surface area contributed by atoms with E-state index in [1.807, 2.05) is 20.8 Å². The van der Waals surface area contributed by atoms with Crippen molar-refractivity contribution in [2.45, 2.75) is 44.9 Å². The lowest BCUT2D eigenvalue weighted by Crippen LogP contribution is -2.74. The van der Waals surface area contributed by atoms with E-state index in [0.717, 1.165) is 0 Å². The summed E-state index contributed by atoms with van der Waals surface area (Å²) in [6.45, 7) is 6.70. The first-order valence-electron chi connectivity index (χ1n) is 5.58. The number of aliphatic hydroxyl groups excluding tert-OH is 1. The van der Waals surface area contributed by atoms with Gasteiger partial charge in [0, 0.05) is 6.42 Å². The normalized spacial score (nSPS) is 38.9. The van der Waals surface area contributed by atoms with Crippen molar-refractivity contribution in [1.29, 1.82) is 0 Å². The van der Waals surface area contributed by atoms with E-state index in [-0.39, 0.29) is 11.5 Å². The Kier molecular flexibility index (Phi) is 2.44. The molecule has 0 aliphatic carbocycles. The minimum absolute atomic E-state index is 0.172. The largest absolute Gasteiger partial charge is 0.465 e. The van der Waals surface area contributed by atoms with Gasteiger partial charge in [-0.1, -0.05) is 20.8 Å². The quantitative estimate of drug-likeness (QED) is 0.648. The van der Waals surface area contributed by atoms with Crippen molar-refractivity contribution in [3.8, 4) is 0 Å². The second kappa shape index (κ2) is 3.34. The van der Waals surface area contributed by atoms with Gasteiger partial charge in [0.25, 0.3) is 0 Å². The maximum atomic E-state index is 11.1. The molecule has 2 rings (SSSR count). The number of rotatable bonds is 0. The summed E-state index contributed by atoms with van der Waals surface area (Å²) in [5, 5.41) is 18.6. The van der Waals surface area contributed by atoms with Crippen molar-refractivity contribution >= 4 is 6.09 Å². The number of aliphatic hydroxyl groups is 1. The Morgan fingerprint density at radius 1 is 1.50 bits per heavy atom. The number of ether oxygens (including phenoxy) is 1. The fraction of sp³-hybridized carbons (Fsp3) is 0.909. The third kappa shape index (κ3) is 1.58. The van der Waals surface area contributed by atoms with Crippen molar-refractivity contribution in [2.75, 3.05) is 13.2 Å².